The molecule has 0 aliphatic carbocycles. The number of thiophene rings is 1. The molecule has 1 aromatic carbocycles. The first kappa shape index (κ1) is 17.9. The van der Waals surface area contributed by atoms with Gasteiger partial charge in [-0.15, -0.1) is 11.3 Å². The van der Waals surface area contributed by atoms with Crippen LogP contribution >= 0.6 is 23.6 Å². The van der Waals surface area contributed by atoms with Crippen molar-refractivity contribution in [2.24, 2.45) is 5.73 Å². The summed E-state index contributed by atoms with van der Waals surface area (Å²) in [5.41, 5.74) is 7.04. The molecule has 0 spiro atoms. The Labute approximate surface area is 149 Å². The number of carbonyl (C=O) groups is 2. The summed E-state index contributed by atoms with van der Waals surface area (Å²) in [5.74, 6) is -0.243. The lowest BCUT2D eigenvalue weighted by Crippen LogP contribution is -2.34. The van der Waals surface area contributed by atoms with E-state index in [2.05, 4.69) is 10.6 Å². The molecule has 2 rings (SSSR count). The smallest absolute Gasteiger partial charge is 0.257 e. The number of benzene rings is 1. The first-order chi connectivity index (χ1) is 11.3. The Balaban J connectivity index is 2.09. The van der Waals surface area contributed by atoms with E-state index in [-0.39, 0.29) is 11.0 Å². The van der Waals surface area contributed by atoms with E-state index < -0.39 is 5.91 Å². The van der Waals surface area contributed by atoms with Crippen LogP contribution in [0, 0.1) is 13.8 Å². The second-order valence-electron chi connectivity index (χ2n) is 4.99. The molecule has 1 heterocycles. The Morgan fingerprint density at radius 2 is 1.83 bits per heavy atom. The number of primary amides is 1. The number of thiocarbonyl (C=S) groups is 1. The molecular formula is C16H17N3O3S2. The van der Waals surface area contributed by atoms with Crippen LogP contribution in [-0.4, -0.2) is 24.0 Å². The number of anilines is 1. The van der Waals surface area contributed by atoms with Gasteiger partial charge in [0.05, 0.1) is 12.7 Å². The molecule has 2 aromatic rings. The number of nitrogens with one attached hydrogen (secondary N) is 2. The molecular weight excluding hydrogens is 346 g/mol. The fourth-order valence-electron chi connectivity index (χ4n) is 2.06. The highest BCUT2D eigenvalue weighted by Crippen LogP contribution is 2.31. The molecule has 8 heteroatoms. The molecule has 126 valence electrons. The second kappa shape index (κ2) is 7.41. The summed E-state index contributed by atoms with van der Waals surface area (Å²) < 4.78 is 5.05. The first-order valence-corrected chi connectivity index (χ1v) is 8.22. The SMILES string of the molecule is COc1ccc(C(=O)NC(=S)Nc2sc(C)c(C)c2C(N)=O)cc1. The maximum absolute atomic E-state index is 12.2. The zero-order chi connectivity index (χ0) is 17.9. The van der Waals surface area contributed by atoms with Gasteiger partial charge in [0.15, 0.2) is 5.11 Å². The van der Waals surface area contributed by atoms with Gasteiger partial charge in [-0.05, 0) is 55.9 Å². The summed E-state index contributed by atoms with van der Waals surface area (Å²) in [7, 11) is 1.55. The molecule has 0 fully saturated rings. The summed E-state index contributed by atoms with van der Waals surface area (Å²) in [6.07, 6.45) is 0. The van der Waals surface area contributed by atoms with Gasteiger partial charge in [0.25, 0.3) is 11.8 Å². The van der Waals surface area contributed by atoms with E-state index in [0.29, 0.717) is 21.9 Å². The molecule has 0 radical (unpaired) electrons. The second-order valence-corrected chi connectivity index (χ2v) is 6.62. The molecule has 6 nitrogen and oxygen atoms in total. The van der Waals surface area contributed by atoms with Crippen LogP contribution in [0.15, 0.2) is 24.3 Å². The summed E-state index contributed by atoms with van der Waals surface area (Å²) in [6.45, 7) is 3.70. The third kappa shape index (κ3) is 3.90. The monoisotopic (exact) mass is 363 g/mol. The molecule has 0 aliphatic heterocycles. The van der Waals surface area contributed by atoms with E-state index in [4.69, 9.17) is 22.7 Å². The predicted octanol–water partition coefficient (Wildman–Crippen LogP) is 2.60. The number of ether oxygens (including phenoxy) is 1. The van der Waals surface area contributed by atoms with Gasteiger partial charge in [0.2, 0.25) is 0 Å². The van der Waals surface area contributed by atoms with E-state index in [1.54, 1.807) is 31.4 Å². The Kier molecular flexibility index (Phi) is 5.53. The van der Waals surface area contributed by atoms with Gasteiger partial charge in [-0.3, -0.25) is 14.9 Å². The van der Waals surface area contributed by atoms with Crippen LogP contribution in [0.1, 0.15) is 31.2 Å². The normalized spacial score (nSPS) is 10.1. The topological polar surface area (TPSA) is 93.4 Å². The fourth-order valence-corrected chi connectivity index (χ4v) is 3.39. The van der Waals surface area contributed by atoms with Crippen molar-refractivity contribution in [3.63, 3.8) is 0 Å². The van der Waals surface area contributed by atoms with Crippen LogP contribution in [0.2, 0.25) is 0 Å². The molecule has 2 amide bonds. The lowest BCUT2D eigenvalue weighted by molar-refractivity contribution is 0.0975. The van der Waals surface area contributed by atoms with Gasteiger partial charge in [-0.2, -0.15) is 0 Å². The van der Waals surface area contributed by atoms with Crippen molar-refractivity contribution in [3.8, 4) is 5.75 Å². The van der Waals surface area contributed by atoms with Crippen molar-refractivity contribution < 1.29 is 14.3 Å². The minimum Gasteiger partial charge on any atom is -0.497 e. The van der Waals surface area contributed by atoms with E-state index in [0.717, 1.165) is 10.4 Å². The molecule has 0 aliphatic rings. The number of hydrogen-bond acceptors (Lipinski definition) is 5. The number of methoxy groups -OCH3 is 1. The summed E-state index contributed by atoms with van der Waals surface area (Å²) in [6, 6.07) is 6.63. The number of hydrogen-bond donors (Lipinski definition) is 3. The largest absolute Gasteiger partial charge is 0.497 e. The first-order valence-electron chi connectivity index (χ1n) is 6.99. The van der Waals surface area contributed by atoms with Gasteiger partial charge >= 0.3 is 0 Å². The van der Waals surface area contributed by atoms with Crippen LogP contribution in [0.5, 0.6) is 5.75 Å². The van der Waals surface area contributed by atoms with Crippen molar-refractivity contribution in [3.05, 3.63) is 45.8 Å². The molecule has 24 heavy (non-hydrogen) atoms. The Bertz CT molecular complexity index is 798. The van der Waals surface area contributed by atoms with Gasteiger partial charge in [-0.25, -0.2) is 0 Å². The average Bonchev–Trinajstić information content (AvgIpc) is 2.81. The minimum atomic E-state index is -0.538. The minimum absolute atomic E-state index is 0.0968. The third-order valence-corrected chi connectivity index (χ3v) is 4.76. The standard InChI is InChI=1S/C16H17N3O3S2/c1-8-9(2)24-15(12(8)13(17)20)19-16(23)18-14(21)10-4-6-11(22-3)7-5-10/h4-7H,1-3H3,(H2,17,20)(H2,18,19,21,23). The zero-order valence-electron chi connectivity index (χ0n) is 13.4. The molecule has 0 bridgehead atoms. The third-order valence-electron chi connectivity index (χ3n) is 3.44. The van der Waals surface area contributed by atoms with Crippen molar-refractivity contribution in [1.82, 2.24) is 5.32 Å². The lowest BCUT2D eigenvalue weighted by atomic mass is 10.1. The number of aryl methyl sites for hydroxylation is 1. The number of amides is 2. The van der Waals surface area contributed by atoms with Crippen LogP contribution in [0.3, 0.4) is 0 Å². The van der Waals surface area contributed by atoms with E-state index in [9.17, 15) is 9.59 Å². The van der Waals surface area contributed by atoms with Crippen LogP contribution in [0.4, 0.5) is 5.00 Å². The number of carbonyl (C=O) groups excluding carboxylic acids is 2. The van der Waals surface area contributed by atoms with E-state index in [1.165, 1.54) is 11.3 Å². The number of nitrogens with two attached hydrogens (primary N) is 1. The molecule has 1 aromatic heterocycles. The quantitative estimate of drug-likeness (QED) is 0.726. The maximum atomic E-state index is 12.2. The van der Waals surface area contributed by atoms with Gasteiger partial charge in [-0.1, -0.05) is 0 Å². The molecule has 0 saturated carbocycles. The summed E-state index contributed by atoms with van der Waals surface area (Å²) >= 11 is 6.50. The average molecular weight is 363 g/mol. The fraction of sp³-hybridized carbons (Fsp3) is 0.188. The van der Waals surface area contributed by atoms with Crippen LogP contribution in [-0.2, 0) is 0 Å². The van der Waals surface area contributed by atoms with Crippen molar-refractivity contribution >= 4 is 45.5 Å². The highest BCUT2D eigenvalue weighted by Gasteiger charge is 2.18. The van der Waals surface area contributed by atoms with E-state index >= 15 is 0 Å². The van der Waals surface area contributed by atoms with E-state index in [1.807, 2.05) is 13.8 Å². The predicted molar refractivity (Wildman–Crippen MR) is 99.0 cm³/mol. The van der Waals surface area contributed by atoms with Crippen LogP contribution in [0.25, 0.3) is 0 Å². The van der Waals surface area contributed by atoms with Gasteiger partial charge in [0, 0.05) is 10.4 Å². The molecule has 4 N–H and O–H groups in total. The highest BCUT2D eigenvalue weighted by atomic mass is 32.1. The highest BCUT2D eigenvalue weighted by molar-refractivity contribution is 7.80. The zero-order valence-corrected chi connectivity index (χ0v) is 15.1. The Morgan fingerprint density at radius 1 is 1.21 bits per heavy atom. The molecule has 0 atom stereocenters. The molecule has 0 unspecified atom stereocenters. The van der Waals surface area contributed by atoms with Gasteiger partial charge in [0.1, 0.15) is 10.8 Å². The van der Waals surface area contributed by atoms with Crippen molar-refractivity contribution in [2.45, 2.75) is 13.8 Å². The lowest BCUT2D eigenvalue weighted by Gasteiger charge is -2.09. The summed E-state index contributed by atoms with van der Waals surface area (Å²) in [4.78, 5) is 24.7. The van der Waals surface area contributed by atoms with Crippen molar-refractivity contribution in [1.29, 1.82) is 0 Å². The summed E-state index contributed by atoms with van der Waals surface area (Å²) in [5, 5.41) is 6.06. The van der Waals surface area contributed by atoms with Gasteiger partial charge < -0.3 is 15.8 Å². The molecule has 0 saturated heterocycles. The Morgan fingerprint density at radius 3 is 2.38 bits per heavy atom. The maximum Gasteiger partial charge on any atom is 0.257 e. The Hall–Kier alpha value is -2.45. The van der Waals surface area contributed by atoms with Crippen molar-refractivity contribution in [2.75, 3.05) is 12.4 Å². The van der Waals surface area contributed by atoms with Crippen LogP contribution < -0.4 is 21.1 Å². The number of rotatable bonds is 4.